The number of hydrogen-bond acceptors (Lipinski definition) is 5. The Bertz CT molecular complexity index is 249. The van der Waals surface area contributed by atoms with Crippen LogP contribution in [0.25, 0.3) is 0 Å². The Balaban J connectivity index is 4.56. The molecule has 0 heterocycles. The van der Waals surface area contributed by atoms with Gasteiger partial charge in [-0.3, -0.25) is 0 Å². The highest BCUT2D eigenvalue weighted by molar-refractivity contribution is 6.60. The van der Waals surface area contributed by atoms with Crippen LogP contribution in [0.4, 0.5) is 0 Å². The van der Waals surface area contributed by atoms with E-state index in [9.17, 15) is 4.79 Å². The average molecular weight is 304 g/mol. The highest BCUT2D eigenvalue weighted by Crippen LogP contribution is 2.17. The summed E-state index contributed by atoms with van der Waals surface area (Å²) < 4.78 is 22.7. The van der Waals surface area contributed by atoms with Gasteiger partial charge in [-0.25, -0.2) is 4.79 Å². The van der Waals surface area contributed by atoms with E-state index >= 15 is 0 Å². The van der Waals surface area contributed by atoms with Crippen molar-refractivity contribution < 1.29 is 22.8 Å². The van der Waals surface area contributed by atoms with Crippen molar-refractivity contribution in [1.29, 1.82) is 0 Å². The summed E-state index contributed by atoms with van der Waals surface area (Å²) in [5.74, 6) is -0.436. The summed E-state index contributed by atoms with van der Waals surface area (Å²) >= 11 is 0. The SMILES string of the molecule is C=CC(=O)OCC[Si](OCCC)(OCCC)OCCC. The largest absolute Gasteiger partial charge is 0.504 e. The topological polar surface area (TPSA) is 54.0 Å². The van der Waals surface area contributed by atoms with Crippen LogP contribution < -0.4 is 0 Å². The van der Waals surface area contributed by atoms with Gasteiger partial charge in [-0.15, -0.1) is 0 Å². The monoisotopic (exact) mass is 304 g/mol. The lowest BCUT2D eigenvalue weighted by Gasteiger charge is -2.29. The normalized spacial score (nSPS) is 11.3. The molecule has 0 saturated carbocycles. The van der Waals surface area contributed by atoms with Crippen LogP contribution in [0.2, 0.25) is 6.04 Å². The Hall–Kier alpha value is -0.693. The van der Waals surface area contributed by atoms with Crippen LogP contribution >= 0.6 is 0 Å². The van der Waals surface area contributed by atoms with Gasteiger partial charge in [0.25, 0.3) is 0 Å². The van der Waals surface area contributed by atoms with Crippen LogP contribution in [0.3, 0.4) is 0 Å². The van der Waals surface area contributed by atoms with Crippen molar-refractivity contribution in [2.24, 2.45) is 0 Å². The van der Waals surface area contributed by atoms with E-state index in [4.69, 9.17) is 18.0 Å². The summed E-state index contributed by atoms with van der Waals surface area (Å²) in [6, 6.07) is 0.479. The molecule has 0 atom stereocenters. The van der Waals surface area contributed by atoms with E-state index in [1.807, 2.05) is 20.8 Å². The lowest BCUT2D eigenvalue weighted by atomic mass is 10.5. The van der Waals surface area contributed by atoms with E-state index in [1.165, 1.54) is 0 Å². The Morgan fingerprint density at radius 2 is 1.40 bits per heavy atom. The summed E-state index contributed by atoms with van der Waals surface area (Å²) in [5.41, 5.74) is 0. The Morgan fingerprint density at radius 1 is 0.950 bits per heavy atom. The zero-order valence-corrected chi connectivity index (χ0v) is 14.0. The fourth-order valence-corrected chi connectivity index (χ4v) is 4.03. The standard InChI is InChI=1S/C14H28O5Si/c1-5-9-17-20(18-10-6-2,19-11-7-3)13-12-16-14(15)8-4/h8H,4-7,9-13H2,1-3H3. The molecule has 0 saturated heterocycles. The molecular weight excluding hydrogens is 276 g/mol. The second kappa shape index (κ2) is 12.1. The molecule has 0 aromatic rings. The minimum atomic E-state index is -2.75. The summed E-state index contributed by atoms with van der Waals surface area (Å²) in [6.07, 6.45) is 3.83. The molecule has 0 amide bonds. The number of rotatable bonds is 13. The average Bonchev–Trinajstić information content (AvgIpc) is 2.48. The third-order valence-corrected chi connectivity index (χ3v) is 5.15. The predicted octanol–water partition coefficient (Wildman–Crippen LogP) is 2.93. The van der Waals surface area contributed by atoms with Crippen LogP contribution in [0.5, 0.6) is 0 Å². The van der Waals surface area contributed by atoms with Gasteiger partial charge >= 0.3 is 14.8 Å². The van der Waals surface area contributed by atoms with Crippen molar-refractivity contribution in [2.45, 2.75) is 46.1 Å². The first-order valence-electron chi connectivity index (χ1n) is 7.35. The smallest absolute Gasteiger partial charge is 0.463 e. The van der Waals surface area contributed by atoms with Crippen molar-refractivity contribution in [2.75, 3.05) is 26.4 Å². The molecule has 0 aliphatic carbocycles. The highest BCUT2D eigenvalue weighted by Gasteiger charge is 2.41. The quantitative estimate of drug-likeness (QED) is 0.297. The molecule has 0 aliphatic rings. The molecule has 0 spiro atoms. The molecule has 0 aromatic carbocycles. The molecule has 0 radical (unpaired) electrons. The molecule has 5 nitrogen and oxygen atoms in total. The van der Waals surface area contributed by atoms with Gasteiger partial charge in [-0.2, -0.15) is 0 Å². The molecule has 0 aliphatic heterocycles. The zero-order valence-electron chi connectivity index (χ0n) is 13.0. The number of hydrogen-bond donors (Lipinski definition) is 0. The first-order chi connectivity index (χ1) is 9.64. The summed E-state index contributed by atoms with van der Waals surface area (Å²) in [5, 5.41) is 0. The van der Waals surface area contributed by atoms with Crippen molar-refractivity contribution in [3.63, 3.8) is 0 Å². The van der Waals surface area contributed by atoms with Crippen molar-refractivity contribution >= 4 is 14.8 Å². The molecule has 20 heavy (non-hydrogen) atoms. The molecule has 0 N–H and O–H groups in total. The maximum absolute atomic E-state index is 11.1. The van der Waals surface area contributed by atoms with Crippen LogP contribution in [-0.2, 0) is 22.8 Å². The maximum atomic E-state index is 11.1. The van der Waals surface area contributed by atoms with Crippen LogP contribution in [0, 0.1) is 0 Å². The van der Waals surface area contributed by atoms with Gasteiger partial charge in [0.1, 0.15) is 0 Å². The lowest BCUT2D eigenvalue weighted by molar-refractivity contribution is -0.137. The zero-order chi connectivity index (χ0) is 15.3. The molecule has 0 aromatic heterocycles. The Morgan fingerprint density at radius 3 is 1.75 bits per heavy atom. The molecule has 0 bridgehead atoms. The molecule has 6 heteroatoms. The highest BCUT2D eigenvalue weighted by atomic mass is 28.4. The Kier molecular flexibility index (Phi) is 11.7. The van der Waals surface area contributed by atoms with Gasteiger partial charge in [0.15, 0.2) is 0 Å². The summed E-state index contributed by atoms with van der Waals surface area (Å²) in [6.45, 7) is 11.5. The Labute approximate surface area is 123 Å². The summed E-state index contributed by atoms with van der Waals surface area (Å²) in [4.78, 5) is 11.1. The van der Waals surface area contributed by atoms with Gasteiger partial charge < -0.3 is 18.0 Å². The van der Waals surface area contributed by atoms with Gasteiger partial charge in [-0.1, -0.05) is 27.4 Å². The van der Waals surface area contributed by atoms with Gasteiger partial charge in [0.2, 0.25) is 0 Å². The van der Waals surface area contributed by atoms with Crippen molar-refractivity contribution in [3.05, 3.63) is 12.7 Å². The lowest BCUT2D eigenvalue weighted by Crippen LogP contribution is -2.47. The molecular formula is C14H28O5Si. The minimum Gasteiger partial charge on any atom is -0.463 e. The second-order valence-electron chi connectivity index (χ2n) is 4.35. The predicted molar refractivity (Wildman–Crippen MR) is 80.4 cm³/mol. The first kappa shape index (κ1) is 19.3. The number of carbonyl (C=O) groups is 1. The number of carbonyl (C=O) groups excluding carboxylic acids is 1. The van der Waals surface area contributed by atoms with Crippen LogP contribution in [0.15, 0.2) is 12.7 Å². The summed E-state index contributed by atoms with van der Waals surface area (Å²) in [7, 11) is -2.75. The number of esters is 1. The fraction of sp³-hybridized carbons (Fsp3) is 0.786. The third-order valence-electron chi connectivity index (χ3n) is 2.40. The van der Waals surface area contributed by atoms with Gasteiger partial charge in [0.05, 0.1) is 12.7 Å². The minimum absolute atomic E-state index is 0.230. The molecule has 0 unspecified atom stereocenters. The maximum Gasteiger partial charge on any atom is 0.504 e. The van der Waals surface area contributed by atoms with Crippen LogP contribution in [-0.4, -0.2) is 41.2 Å². The van der Waals surface area contributed by atoms with E-state index in [2.05, 4.69) is 6.58 Å². The van der Waals surface area contributed by atoms with Crippen LogP contribution in [0.1, 0.15) is 40.0 Å². The van der Waals surface area contributed by atoms with Gasteiger partial charge in [0, 0.05) is 25.9 Å². The van der Waals surface area contributed by atoms with E-state index in [-0.39, 0.29) is 6.61 Å². The number of ether oxygens (including phenoxy) is 1. The second-order valence-corrected chi connectivity index (χ2v) is 7.08. The third kappa shape index (κ3) is 8.47. The molecule has 118 valence electrons. The van der Waals surface area contributed by atoms with E-state index in [0.29, 0.717) is 25.9 Å². The molecule has 0 fully saturated rings. The van der Waals surface area contributed by atoms with Crippen molar-refractivity contribution in [3.8, 4) is 0 Å². The van der Waals surface area contributed by atoms with E-state index in [1.54, 1.807) is 0 Å². The first-order valence-corrected chi connectivity index (χ1v) is 9.28. The van der Waals surface area contributed by atoms with Gasteiger partial charge in [-0.05, 0) is 19.3 Å². The van der Waals surface area contributed by atoms with E-state index in [0.717, 1.165) is 25.3 Å². The van der Waals surface area contributed by atoms with E-state index < -0.39 is 14.8 Å². The fourth-order valence-electron chi connectivity index (χ4n) is 1.45. The van der Waals surface area contributed by atoms with Crippen molar-refractivity contribution in [1.82, 2.24) is 0 Å². The molecule has 0 rings (SSSR count).